The van der Waals surface area contributed by atoms with E-state index < -0.39 is 0 Å². The van der Waals surface area contributed by atoms with E-state index in [-0.39, 0.29) is 5.91 Å². The van der Waals surface area contributed by atoms with Crippen molar-refractivity contribution in [2.75, 3.05) is 13.1 Å². The Labute approximate surface area is 106 Å². The lowest BCUT2D eigenvalue weighted by molar-refractivity contribution is 0.0734. The Morgan fingerprint density at radius 2 is 2.11 bits per heavy atom. The minimum atomic E-state index is -0.0587. The molecule has 2 aromatic heterocycles. The van der Waals surface area contributed by atoms with Crippen molar-refractivity contribution < 1.29 is 9.21 Å². The van der Waals surface area contributed by atoms with Crippen LogP contribution in [-0.2, 0) is 6.42 Å². The van der Waals surface area contributed by atoms with Crippen molar-refractivity contribution in [2.24, 2.45) is 0 Å². The molecule has 0 saturated heterocycles. The Kier molecular flexibility index (Phi) is 4.12. The number of hydrogen-bond donors (Lipinski definition) is 0. The zero-order valence-corrected chi connectivity index (χ0v) is 10.4. The number of furan rings is 1. The molecular weight excluding hydrogens is 228 g/mol. The van der Waals surface area contributed by atoms with Gasteiger partial charge in [0.1, 0.15) is 0 Å². The first kappa shape index (κ1) is 12.4. The van der Waals surface area contributed by atoms with Gasteiger partial charge in [-0.1, -0.05) is 0 Å². The van der Waals surface area contributed by atoms with Gasteiger partial charge < -0.3 is 9.32 Å². The topological polar surface area (TPSA) is 46.3 Å². The molecule has 1 amide bonds. The molecule has 0 radical (unpaired) electrons. The quantitative estimate of drug-likeness (QED) is 0.811. The number of carbonyl (C=O) groups is 1. The lowest BCUT2D eigenvalue weighted by Gasteiger charge is -2.19. The number of rotatable bonds is 5. The SMILES string of the molecule is CCN(CCc1ccncc1)C(=O)c1ccco1. The molecule has 94 valence electrons. The van der Waals surface area contributed by atoms with E-state index in [2.05, 4.69) is 4.98 Å². The fourth-order valence-corrected chi connectivity index (χ4v) is 1.77. The molecule has 4 heteroatoms. The summed E-state index contributed by atoms with van der Waals surface area (Å²) < 4.78 is 5.13. The predicted octanol–water partition coefficient (Wildman–Crippen LogP) is 2.38. The lowest BCUT2D eigenvalue weighted by atomic mass is 10.2. The van der Waals surface area contributed by atoms with Crippen LogP contribution in [0.4, 0.5) is 0 Å². The van der Waals surface area contributed by atoms with E-state index in [4.69, 9.17) is 4.42 Å². The Bertz CT molecular complexity index is 480. The molecule has 0 N–H and O–H groups in total. The van der Waals surface area contributed by atoms with Crippen molar-refractivity contribution in [2.45, 2.75) is 13.3 Å². The smallest absolute Gasteiger partial charge is 0.289 e. The summed E-state index contributed by atoms with van der Waals surface area (Å²) in [6.45, 7) is 3.32. The van der Waals surface area contributed by atoms with Gasteiger partial charge in [0.05, 0.1) is 6.26 Å². The van der Waals surface area contributed by atoms with E-state index in [9.17, 15) is 4.79 Å². The second kappa shape index (κ2) is 6.00. The van der Waals surface area contributed by atoms with Crippen molar-refractivity contribution >= 4 is 5.91 Å². The van der Waals surface area contributed by atoms with Crippen LogP contribution in [0.2, 0.25) is 0 Å². The average Bonchev–Trinajstić information content (AvgIpc) is 2.94. The van der Waals surface area contributed by atoms with Gasteiger partial charge in [-0.2, -0.15) is 0 Å². The van der Waals surface area contributed by atoms with Crippen molar-refractivity contribution in [3.05, 3.63) is 54.2 Å². The highest BCUT2D eigenvalue weighted by molar-refractivity contribution is 5.91. The van der Waals surface area contributed by atoms with Crippen molar-refractivity contribution in [3.63, 3.8) is 0 Å². The lowest BCUT2D eigenvalue weighted by Crippen LogP contribution is -2.32. The largest absolute Gasteiger partial charge is 0.459 e. The van der Waals surface area contributed by atoms with Crippen molar-refractivity contribution in [1.29, 1.82) is 0 Å². The molecule has 0 spiro atoms. The van der Waals surface area contributed by atoms with Crippen LogP contribution in [-0.4, -0.2) is 28.9 Å². The van der Waals surface area contributed by atoms with Gasteiger partial charge in [0.25, 0.3) is 5.91 Å². The van der Waals surface area contributed by atoms with Gasteiger partial charge in [-0.3, -0.25) is 9.78 Å². The van der Waals surface area contributed by atoms with Gasteiger partial charge in [-0.25, -0.2) is 0 Å². The number of carbonyl (C=O) groups excluding carboxylic acids is 1. The maximum Gasteiger partial charge on any atom is 0.289 e. The summed E-state index contributed by atoms with van der Waals surface area (Å²) in [7, 11) is 0. The highest BCUT2D eigenvalue weighted by atomic mass is 16.3. The number of amides is 1. The van der Waals surface area contributed by atoms with Crippen LogP contribution in [0.15, 0.2) is 47.3 Å². The highest BCUT2D eigenvalue weighted by Gasteiger charge is 2.16. The molecule has 0 aliphatic rings. The second-order valence-electron chi connectivity index (χ2n) is 3.97. The molecule has 0 aromatic carbocycles. The van der Waals surface area contributed by atoms with Crippen LogP contribution in [0.1, 0.15) is 23.0 Å². The molecule has 0 fully saturated rings. The Morgan fingerprint density at radius 3 is 2.72 bits per heavy atom. The van der Waals surface area contributed by atoms with Crippen LogP contribution < -0.4 is 0 Å². The van der Waals surface area contributed by atoms with Crippen molar-refractivity contribution in [3.8, 4) is 0 Å². The number of hydrogen-bond acceptors (Lipinski definition) is 3. The van der Waals surface area contributed by atoms with Crippen molar-refractivity contribution in [1.82, 2.24) is 9.88 Å². The summed E-state index contributed by atoms with van der Waals surface area (Å²) in [5.74, 6) is 0.336. The molecule has 2 rings (SSSR count). The predicted molar refractivity (Wildman–Crippen MR) is 68.2 cm³/mol. The molecular formula is C14H16N2O2. The number of nitrogens with zero attached hydrogens (tertiary/aromatic N) is 2. The van der Waals surface area contributed by atoms with Gasteiger partial charge >= 0.3 is 0 Å². The van der Waals surface area contributed by atoms with Gasteiger partial charge in [0.15, 0.2) is 5.76 Å². The third-order valence-electron chi connectivity index (χ3n) is 2.82. The van der Waals surface area contributed by atoms with Crippen LogP contribution in [0, 0.1) is 0 Å². The third-order valence-corrected chi connectivity index (χ3v) is 2.82. The Hall–Kier alpha value is -2.10. The monoisotopic (exact) mass is 244 g/mol. The summed E-state index contributed by atoms with van der Waals surface area (Å²) in [5.41, 5.74) is 1.18. The summed E-state index contributed by atoms with van der Waals surface area (Å²) in [4.78, 5) is 17.8. The summed E-state index contributed by atoms with van der Waals surface area (Å²) in [6.07, 6.45) is 5.87. The second-order valence-corrected chi connectivity index (χ2v) is 3.97. The maximum atomic E-state index is 12.1. The molecule has 0 aliphatic heterocycles. The Balaban J connectivity index is 1.96. The summed E-state index contributed by atoms with van der Waals surface area (Å²) in [5, 5.41) is 0. The molecule has 18 heavy (non-hydrogen) atoms. The normalized spacial score (nSPS) is 10.3. The third kappa shape index (κ3) is 2.97. The fraction of sp³-hybridized carbons (Fsp3) is 0.286. The van der Waals surface area contributed by atoms with E-state index in [1.807, 2.05) is 19.1 Å². The van der Waals surface area contributed by atoms with E-state index in [0.29, 0.717) is 18.8 Å². The molecule has 0 atom stereocenters. The minimum Gasteiger partial charge on any atom is -0.459 e. The van der Waals surface area contributed by atoms with Gasteiger partial charge in [-0.15, -0.1) is 0 Å². The van der Waals surface area contributed by atoms with Crippen LogP contribution in [0.25, 0.3) is 0 Å². The highest BCUT2D eigenvalue weighted by Crippen LogP contribution is 2.07. The number of aromatic nitrogens is 1. The van der Waals surface area contributed by atoms with E-state index in [0.717, 1.165) is 6.42 Å². The Morgan fingerprint density at radius 1 is 1.33 bits per heavy atom. The van der Waals surface area contributed by atoms with E-state index >= 15 is 0 Å². The van der Waals surface area contributed by atoms with Crippen LogP contribution in [0.5, 0.6) is 0 Å². The molecule has 0 aliphatic carbocycles. The zero-order valence-electron chi connectivity index (χ0n) is 10.4. The molecule has 0 bridgehead atoms. The molecule has 0 unspecified atom stereocenters. The first-order chi connectivity index (χ1) is 8.81. The van der Waals surface area contributed by atoms with Crippen LogP contribution >= 0.6 is 0 Å². The molecule has 2 aromatic rings. The van der Waals surface area contributed by atoms with Crippen LogP contribution in [0.3, 0.4) is 0 Å². The summed E-state index contributed by atoms with van der Waals surface area (Å²) >= 11 is 0. The maximum absolute atomic E-state index is 12.1. The average molecular weight is 244 g/mol. The summed E-state index contributed by atoms with van der Waals surface area (Å²) in [6, 6.07) is 7.35. The fourth-order valence-electron chi connectivity index (χ4n) is 1.77. The first-order valence-electron chi connectivity index (χ1n) is 6.03. The van der Waals surface area contributed by atoms with E-state index in [1.54, 1.807) is 29.4 Å². The first-order valence-corrected chi connectivity index (χ1v) is 6.03. The zero-order chi connectivity index (χ0) is 12.8. The standard InChI is InChI=1S/C14H16N2O2/c1-2-16(14(17)13-4-3-11-18-13)10-7-12-5-8-15-9-6-12/h3-6,8-9,11H,2,7,10H2,1H3. The molecule has 4 nitrogen and oxygen atoms in total. The minimum absolute atomic E-state index is 0.0587. The number of likely N-dealkylation sites (N-methyl/N-ethyl adjacent to an activating group) is 1. The van der Waals surface area contributed by atoms with Gasteiger partial charge in [-0.05, 0) is 43.2 Å². The molecule has 0 saturated carbocycles. The van der Waals surface area contributed by atoms with Gasteiger partial charge in [0, 0.05) is 25.5 Å². The molecule has 2 heterocycles. The van der Waals surface area contributed by atoms with Gasteiger partial charge in [0.2, 0.25) is 0 Å². The number of pyridine rings is 1. The van der Waals surface area contributed by atoms with E-state index in [1.165, 1.54) is 11.8 Å².